The summed E-state index contributed by atoms with van der Waals surface area (Å²) in [5, 5.41) is 3.58. The first-order valence-corrected chi connectivity index (χ1v) is 11.8. The van der Waals surface area contributed by atoms with E-state index in [0.29, 0.717) is 42.5 Å². The number of hydrogen-bond donors (Lipinski definition) is 1. The van der Waals surface area contributed by atoms with E-state index in [1.807, 2.05) is 0 Å². The van der Waals surface area contributed by atoms with Crippen molar-refractivity contribution >= 4 is 27.5 Å². The molecule has 2 aromatic carbocycles. The molecule has 0 bridgehead atoms. The Labute approximate surface area is 188 Å². The highest BCUT2D eigenvalue weighted by Gasteiger charge is 2.34. The molecule has 1 amide bonds. The van der Waals surface area contributed by atoms with Gasteiger partial charge in [-0.1, -0.05) is 11.6 Å². The van der Waals surface area contributed by atoms with E-state index in [9.17, 15) is 13.2 Å². The maximum atomic E-state index is 12.9. The van der Waals surface area contributed by atoms with Crippen LogP contribution in [0.1, 0.15) is 26.7 Å². The molecule has 0 spiro atoms. The minimum atomic E-state index is -3.58. The van der Waals surface area contributed by atoms with Gasteiger partial charge in [0.2, 0.25) is 10.0 Å². The second kappa shape index (κ2) is 9.46. The molecule has 9 heteroatoms. The molecule has 7 nitrogen and oxygen atoms in total. The molecule has 1 heterocycles. The number of rotatable bonds is 7. The van der Waals surface area contributed by atoms with Crippen molar-refractivity contribution in [3.63, 3.8) is 0 Å². The van der Waals surface area contributed by atoms with E-state index in [4.69, 9.17) is 21.1 Å². The summed E-state index contributed by atoms with van der Waals surface area (Å²) in [7, 11) is -2.05. The van der Waals surface area contributed by atoms with Crippen molar-refractivity contribution in [1.82, 2.24) is 9.62 Å². The monoisotopic (exact) mass is 466 g/mol. The lowest BCUT2D eigenvalue weighted by Gasteiger charge is -2.34. The molecule has 0 radical (unpaired) electrons. The molecule has 1 N–H and O–H groups in total. The number of benzene rings is 2. The minimum Gasteiger partial charge on any atom is -0.497 e. The zero-order valence-electron chi connectivity index (χ0n) is 17.8. The number of amides is 1. The van der Waals surface area contributed by atoms with Crippen LogP contribution in [-0.4, -0.2) is 50.5 Å². The number of carbonyl (C=O) groups is 1. The van der Waals surface area contributed by atoms with Crippen LogP contribution in [0.15, 0.2) is 53.4 Å². The lowest BCUT2D eigenvalue weighted by molar-refractivity contribution is -0.135. The number of methoxy groups -OCH3 is 1. The Balaban J connectivity index is 1.56. The average Bonchev–Trinajstić information content (AvgIpc) is 2.75. The van der Waals surface area contributed by atoms with E-state index in [1.54, 1.807) is 62.4 Å². The molecule has 1 aliphatic rings. The summed E-state index contributed by atoms with van der Waals surface area (Å²) < 4.78 is 38.1. The number of sulfonamides is 1. The van der Waals surface area contributed by atoms with Gasteiger partial charge in [-0.25, -0.2) is 8.42 Å². The molecule has 31 heavy (non-hydrogen) atoms. The van der Waals surface area contributed by atoms with Gasteiger partial charge in [0, 0.05) is 24.2 Å². The smallest absolute Gasteiger partial charge is 0.263 e. The quantitative estimate of drug-likeness (QED) is 0.675. The number of nitrogens with one attached hydrogen (secondary N) is 1. The normalized spacial score (nSPS) is 16.0. The molecule has 0 aromatic heterocycles. The Hall–Kier alpha value is -2.29. The topological polar surface area (TPSA) is 84.9 Å². The maximum absolute atomic E-state index is 12.9. The first kappa shape index (κ1) is 23.4. The molecule has 0 unspecified atom stereocenters. The van der Waals surface area contributed by atoms with Gasteiger partial charge < -0.3 is 14.8 Å². The number of halogens is 1. The fraction of sp³-hybridized carbons (Fsp3) is 0.409. The lowest BCUT2D eigenvalue weighted by Crippen LogP contribution is -2.53. The van der Waals surface area contributed by atoms with Crippen LogP contribution in [0, 0.1) is 0 Å². The van der Waals surface area contributed by atoms with Crippen molar-refractivity contribution in [2.75, 3.05) is 20.2 Å². The van der Waals surface area contributed by atoms with Crippen LogP contribution < -0.4 is 14.8 Å². The number of ether oxygens (including phenoxy) is 2. The second-order valence-electron chi connectivity index (χ2n) is 7.89. The summed E-state index contributed by atoms with van der Waals surface area (Å²) in [4.78, 5) is 13.0. The summed E-state index contributed by atoms with van der Waals surface area (Å²) in [6.45, 7) is 4.05. The van der Waals surface area contributed by atoms with Crippen molar-refractivity contribution in [3.05, 3.63) is 53.6 Å². The first-order chi connectivity index (χ1) is 14.6. The zero-order chi connectivity index (χ0) is 22.6. The molecule has 2 aromatic rings. The molecule has 1 aliphatic heterocycles. The third-order valence-electron chi connectivity index (χ3n) is 5.22. The zero-order valence-corrected chi connectivity index (χ0v) is 19.4. The van der Waals surface area contributed by atoms with Crippen LogP contribution >= 0.6 is 11.6 Å². The molecule has 0 atom stereocenters. The van der Waals surface area contributed by atoms with Gasteiger partial charge in [0.05, 0.1) is 12.0 Å². The molecule has 168 valence electrons. The van der Waals surface area contributed by atoms with Gasteiger partial charge in [0.15, 0.2) is 5.60 Å². The predicted octanol–water partition coefficient (Wildman–Crippen LogP) is 3.48. The molecule has 1 saturated heterocycles. The Morgan fingerprint density at radius 3 is 2.13 bits per heavy atom. The highest BCUT2D eigenvalue weighted by Crippen LogP contribution is 2.24. The number of carbonyl (C=O) groups excluding carboxylic acids is 1. The SMILES string of the molecule is COc1ccc(S(=O)(=O)N2CCC(NC(=O)C(C)(C)Oc3ccc(Cl)cc3)CC2)cc1. The van der Waals surface area contributed by atoms with Crippen LogP contribution in [0.4, 0.5) is 0 Å². The minimum absolute atomic E-state index is 0.122. The van der Waals surface area contributed by atoms with Gasteiger partial charge in [-0.15, -0.1) is 0 Å². The Morgan fingerprint density at radius 2 is 1.58 bits per heavy atom. The number of hydrogen-bond acceptors (Lipinski definition) is 5. The third kappa shape index (κ3) is 5.70. The Bertz CT molecular complexity index is 999. The first-order valence-electron chi connectivity index (χ1n) is 10.0. The van der Waals surface area contributed by atoms with Gasteiger partial charge in [-0.2, -0.15) is 4.31 Å². The van der Waals surface area contributed by atoms with E-state index in [2.05, 4.69) is 5.32 Å². The highest BCUT2D eigenvalue weighted by atomic mass is 35.5. The molecule has 1 fully saturated rings. The van der Waals surface area contributed by atoms with Crippen LogP contribution in [0.2, 0.25) is 5.02 Å². The van der Waals surface area contributed by atoms with Crippen LogP contribution in [0.25, 0.3) is 0 Å². The summed E-state index contributed by atoms with van der Waals surface area (Å²) in [5.74, 6) is 0.896. The Morgan fingerprint density at radius 1 is 1.03 bits per heavy atom. The van der Waals surface area contributed by atoms with Crippen molar-refractivity contribution in [1.29, 1.82) is 0 Å². The molecular weight excluding hydrogens is 440 g/mol. The van der Waals surface area contributed by atoms with Gasteiger partial charge in [0.25, 0.3) is 5.91 Å². The average molecular weight is 467 g/mol. The van der Waals surface area contributed by atoms with Gasteiger partial charge in [0.1, 0.15) is 11.5 Å². The van der Waals surface area contributed by atoms with E-state index >= 15 is 0 Å². The largest absolute Gasteiger partial charge is 0.497 e. The van der Waals surface area contributed by atoms with E-state index in [-0.39, 0.29) is 16.8 Å². The fourth-order valence-electron chi connectivity index (χ4n) is 3.34. The van der Waals surface area contributed by atoms with Crippen molar-refractivity contribution in [2.45, 2.75) is 43.2 Å². The van der Waals surface area contributed by atoms with Crippen LogP contribution in [-0.2, 0) is 14.8 Å². The standard InChI is InChI=1S/C22H27ClN2O5S/c1-22(2,30-19-6-4-16(23)5-7-19)21(26)24-17-12-14-25(15-13-17)31(27,28)20-10-8-18(29-3)9-11-20/h4-11,17H,12-15H2,1-3H3,(H,24,26). The van der Waals surface area contributed by atoms with E-state index in [1.165, 1.54) is 11.4 Å². The van der Waals surface area contributed by atoms with Gasteiger partial charge in [-0.3, -0.25) is 4.79 Å². The maximum Gasteiger partial charge on any atom is 0.263 e. The van der Waals surface area contributed by atoms with E-state index < -0.39 is 15.6 Å². The summed E-state index contributed by atoms with van der Waals surface area (Å²) in [6.07, 6.45) is 1.05. The fourth-order valence-corrected chi connectivity index (χ4v) is 4.94. The number of piperidine rings is 1. The molecule has 0 aliphatic carbocycles. The van der Waals surface area contributed by atoms with Gasteiger partial charge >= 0.3 is 0 Å². The lowest BCUT2D eigenvalue weighted by atomic mass is 10.0. The number of nitrogens with zero attached hydrogens (tertiary/aromatic N) is 1. The second-order valence-corrected chi connectivity index (χ2v) is 10.3. The summed E-state index contributed by atoms with van der Waals surface area (Å²) in [6, 6.07) is 13.0. The molecule has 0 saturated carbocycles. The highest BCUT2D eigenvalue weighted by molar-refractivity contribution is 7.89. The van der Waals surface area contributed by atoms with E-state index in [0.717, 1.165) is 0 Å². The van der Waals surface area contributed by atoms with Crippen molar-refractivity contribution in [2.24, 2.45) is 0 Å². The van der Waals surface area contributed by atoms with Crippen molar-refractivity contribution in [3.8, 4) is 11.5 Å². The predicted molar refractivity (Wildman–Crippen MR) is 119 cm³/mol. The van der Waals surface area contributed by atoms with Crippen LogP contribution in [0.5, 0.6) is 11.5 Å². The third-order valence-corrected chi connectivity index (χ3v) is 7.38. The van der Waals surface area contributed by atoms with Gasteiger partial charge in [-0.05, 0) is 75.2 Å². The summed E-state index contributed by atoms with van der Waals surface area (Å²) in [5.41, 5.74) is -1.08. The molecule has 3 rings (SSSR count). The van der Waals surface area contributed by atoms with Crippen LogP contribution in [0.3, 0.4) is 0 Å². The molecular formula is C22H27ClN2O5S. The Kier molecular flexibility index (Phi) is 7.13. The summed E-state index contributed by atoms with van der Waals surface area (Å²) >= 11 is 5.88. The van der Waals surface area contributed by atoms with Crippen molar-refractivity contribution < 1.29 is 22.7 Å².